The molecule has 0 N–H and O–H groups in total. The third kappa shape index (κ3) is 6.58. The van der Waals surface area contributed by atoms with Gasteiger partial charge in [-0.15, -0.1) is 0 Å². The van der Waals surface area contributed by atoms with Crippen LogP contribution in [0.2, 0.25) is 0 Å². The van der Waals surface area contributed by atoms with Crippen molar-refractivity contribution in [3.8, 4) is 78.4 Å². The molecule has 0 amide bonds. The standard InChI is InChI=1S/C63H42N2/c1-6-18-43(19-7-1)48-34-36-55-56-37-35-49(41-59(56)63(58(55)40-48,50-24-12-4-13-25-50)51-26-14-5-15-27-51)44-30-32-45(33-31-44)52-38-39-57(54-29-17-16-28-53(52)54)61-42-60(46-20-8-2-9-21-46)64-62(65-61)47-22-10-3-11-23-47/h1-42H. The van der Waals surface area contributed by atoms with Gasteiger partial charge in [0.2, 0.25) is 0 Å². The number of hydrogen-bond donors (Lipinski definition) is 0. The SMILES string of the molecule is c1ccc(-c2ccc3c(c2)C(c2ccccc2)(c2ccccc2)c2cc(-c4ccc(-c5ccc(-c6cc(-c7ccccc7)nc(-c7ccccc7)n6)c6ccccc56)cc4)ccc2-3)cc1. The number of aromatic nitrogens is 2. The predicted molar refractivity (Wildman–Crippen MR) is 269 cm³/mol. The molecule has 0 bridgehead atoms. The minimum Gasteiger partial charge on any atom is -0.228 e. The van der Waals surface area contributed by atoms with E-state index < -0.39 is 5.41 Å². The molecule has 0 unspecified atom stereocenters. The average molecular weight is 827 g/mol. The number of nitrogens with zero attached hydrogens (tertiary/aromatic N) is 2. The maximum atomic E-state index is 5.19. The first kappa shape index (κ1) is 38.2. The highest BCUT2D eigenvalue weighted by molar-refractivity contribution is 6.05. The van der Waals surface area contributed by atoms with E-state index >= 15 is 0 Å². The molecule has 0 spiro atoms. The smallest absolute Gasteiger partial charge is 0.160 e. The van der Waals surface area contributed by atoms with E-state index in [0.29, 0.717) is 5.82 Å². The lowest BCUT2D eigenvalue weighted by molar-refractivity contribution is 0.769. The van der Waals surface area contributed by atoms with Gasteiger partial charge in [-0.3, -0.25) is 0 Å². The van der Waals surface area contributed by atoms with Gasteiger partial charge in [0.05, 0.1) is 16.8 Å². The zero-order chi connectivity index (χ0) is 43.2. The molecule has 0 atom stereocenters. The van der Waals surface area contributed by atoms with Gasteiger partial charge in [0.1, 0.15) is 0 Å². The van der Waals surface area contributed by atoms with E-state index in [1.54, 1.807) is 0 Å². The summed E-state index contributed by atoms with van der Waals surface area (Å²) in [6, 6.07) is 92.1. The van der Waals surface area contributed by atoms with Gasteiger partial charge in [-0.1, -0.05) is 237 Å². The highest BCUT2D eigenvalue weighted by Gasteiger charge is 2.46. The van der Waals surface area contributed by atoms with Crippen LogP contribution in [0.5, 0.6) is 0 Å². The summed E-state index contributed by atoms with van der Waals surface area (Å²) in [7, 11) is 0. The topological polar surface area (TPSA) is 25.8 Å². The van der Waals surface area contributed by atoms with Crippen LogP contribution in [-0.4, -0.2) is 9.97 Å². The van der Waals surface area contributed by atoms with Crippen molar-refractivity contribution in [2.75, 3.05) is 0 Å². The molecule has 0 aliphatic heterocycles. The van der Waals surface area contributed by atoms with Crippen molar-refractivity contribution < 1.29 is 0 Å². The zero-order valence-electron chi connectivity index (χ0n) is 35.6. The molecular formula is C63H42N2. The van der Waals surface area contributed by atoms with Crippen molar-refractivity contribution in [2.45, 2.75) is 5.41 Å². The van der Waals surface area contributed by atoms with Crippen molar-refractivity contribution in [2.24, 2.45) is 0 Å². The van der Waals surface area contributed by atoms with Crippen molar-refractivity contribution in [3.63, 3.8) is 0 Å². The van der Waals surface area contributed by atoms with Crippen LogP contribution in [0, 0.1) is 0 Å². The lowest BCUT2D eigenvalue weighted by Crippen LogP contribution is -2.28. The fraction of sp³-hybridized carbons (Fsp3) is 0.0159. The van der Waals surface area contributed by atoms with E-state index in [0.717, 1.165) is 33.5 Å². The summed E-state index contributed by atoms with van der Waals surface area (Å²) in [6.07, 6.45) is 0. The van der Waals surface area contributed by atoms with Crippen molar-refractivity contribution in [3.05, 3.63) is 277 Å². The Hall–Kier alpha value is -8.46. The van der Waals surface area contributed by atoms with Crippen molar-refractivity contribution in [1.82, 2.24) is 9.97 Å². The van der Waals surface area contributed by atoms with Crippen LogP contribution >= 0.6 is 0 Å². The van der Waals surface area contributed by atoms with E-state index in [2.05, 4.69) is 231 Å². The monoisotopic (exact) mass is 826 g/mol. The molecule has 0 saturated heterocycles. The van der Waals surface area contributed by atoms with E-state index in [4.69, 9.17) is 9.97 Å². The second-order valence-electron chi connectivity index (χ2n) is 16.8. The highest BCUT2D eigenvalue weighted by Crippen LogP contribution is 2.57. The maximum Gasteiger partial charge on any atom is 0.160 e. The van der Waals surface area contributed by atoms with Crippen LogP contribution in [0.1, 0.15) is 22.3 Å². The Balaban J connectivity index is 0.961. The third-order valence-electron chi connectivity index (χ3n) is 13.2. The second kappa shape index (κ2) is 16.0. The summed E-state index contributed by atoms with van der Waals surface area (Å²) >= 11 is 0. The molecule has 65 heavy (non-hydrogen) atoms. The number of rotatable bonds is 8. The van der Waals surface area contributed by atoms with Crippen LogP contribution in [0.25, 0.3) is 89.2 Å². The Labute approximate surface area is 379 Å². The van der Waals surface area contributed by atoms with Crippen LogP contribution < -0.4 is 0 Å². The molecular weight excluding hydrogens is 785 g/mol. The largest absolute Gasteiger partial charge is 0.228 e. The molecule has 1 aliphatic carbocycles. The van der Waals surface area contributed by atoms with Gasteiger partial charge in [-0.2, -0.15) is 0 Å². The molecule has 11 aromatic rings. The Morgan fingerprint density at radius 2 is 0.631 bits per heavy atom. The molecule has 304 valence electrons. The van der Waals surface area contributed by atoms with Gasteiger partial charge < -0.3 is 0 Å². The predicted octanol–water partition coefficient (Wildman–Crippen LogP) is 16.0. The molecule has 2 heteroatoms. The number of hydrogen-bond acceptors (Lipinski definition) is 2. The van der Waals surface area contributed by atoms with Gasteiger partial charge in [0.15, 0.2) is 5.82 Å². The first-order valence-corrected chi connectivity index (χ1v) is 22.3. The Morgan fingerprint density at radius 3 is 1.18 bits per heavy atom. The summed E-state index contributed by atoms with van der Waals surface area (Å²) in [5, 5.41) is 2.33. The molecule has 0 fully saturated rings. The van der Waals surface area contributed by atoms with Crippen LogP contribution in [0.3, 0.4) is 0 Å². The number of benzene rings is 10. The van der Waals surface area contributed by atoms with E-state index in [-0.39, 0.29) is 0 Å². The van der Waals surface area contributed by atoms with Gasteiger partial charge >= 0.3 is 0 Å². The quantitative estimate of drug-likeness (QED) is 0.152. The lowest BCUT2D eigenvalue weighted by atomic mass is 9.67. The normalized spacial score (nSPS) is 12.4. The fourth-order valence-corrected chi connectivity index (χ4v) is 10.2. The molecule has 1 aromatic heterocycles. The van der Waals surface area contributed by atoms with Gasteiger partial charge in [-0.05, 0) is 95.7 Å². The first-order valence-electron chi connectivity index (χ1n) is 22.3. The van der Waals surface area contributed by atoms with Gasteiger partial charge in [-0.25, -0.2) is 9.97 Å². The van der Waals surface area contributed by atoms with Crippen LogP contribution in [0.4, 0.5) is 0 Å². The molecule has 1 heterocycles. The Bertz CT molecular complexity index is 3400. The maximum absolute atomic E-state index is 5.19. The van der Waals surface area contributed by atoms with Crippen LogP contribution in [0.15, 0.2) is 255 Å². The van der Waals surface area contributed by atoms with Gasteiger partial charge in [0.25, 0.3) is 0 Å². The van der Waals surface area contributed by atoms with Crippen LogP contribution in [-0.2, 0) is 5.41 Å². The first-order chi connectivity index (χ1) is 32.2. The average Bonchev–Trinajstić information content (AvgIpc) is 3.69. The summed E-state index contributed by atoms with van der Waals surface area (Å²) in [5.41, 5.74) is 19.2. The minimum absolute atomic E-state index is 0.512. The van der Waals surface area contributed by atoms with E-state index in [1.165, 1.54) is 72.1 Å². The van der Waals surface area contributed by atoms with Crippen molar-refractivity contribution in [1.29, 1.82) is 0 Å². The molecule has 12 rings (SSSR count). The molecule has 1 aliphatic rings. The summed E-state index contributed by atoms with van der Waals surface area (Å²) < 4.78 is 0. The third-order valence-corrected chi connectivity index (χ3v) is 13.2. The fourth-order valence-electron chi connectivity index (χ4n) is 10.2. The molecule has 0 saturated carbocycles. The van der Waals surface area contributed by atoms with Crippen molar-refractivity contribution >= 4 is 10.8 Å². The lowest BCUT2D eigenvalue weighted by Gasteiger charge is -2.34. The zero-order valence-corrected chi connectivity index (χ0v) is 35.6. The highest BCUT2D eigenvalue weighted by atomic mass is 14.9. The molecule has 0 radical (unpaired) electrons. The summed E-state index contributed by atoms with van der Waals surface area (Å²) in [5.74, 6) is 0.711. The van der Waals surface area contributed by atoms with E-state index in [1.807, 2.05) is 24.3 Å². The Kier molecular flexibility index (Phi) is 9.43. The molecule has 2 nitrogen and oxygen atoms in total. The second-order valence-corrected chi connectivity index (χ2v) is 16.8. The Morgan fingerprint density at radius 1 is 0.246 bits per heavy atom. The summed E-state index contributed by atoms with van der Waals surface area (Å²) in [4.78, 5) is 10.2. The van der Waals surface area contributed by atoms with Gasteiger partial charge in [0, 0.05) is 16.7 Å². The molecule has 10 aromatic carbocycles. The minimum atomic E-state index is -0.512. The number of fused-ring (bicyclic) bond motifs is 4. The summed E-state index contributed by atoms with van der Waals surface area (Å²) in [6.45, 7) is 0. The van der Waals surface area contributed by atoms with E-state index in [9.17, 15) is 0 Å².